The maximum absolute atomic E-state index is 11.7. The van der Waals surface area contributed by atoms with Crippen LogP contribution in [-0.4, -0.2) is 35.0 Å². The van der Waals surface area contributed by atoms with Crippen molar-refractivity contribution in [1.29, 1.82) is 0 Å². The summed E-state index contributed by atoms with van der Waals surface area (Å²) in [6.45, 7) is 5.86. The Hall–Kier alpha value is -3.98. The van der Waals surface area contributed by atoms with Crippen LogP contribution in [0.3, 0.4) is 0 Å². The second-order valence-corrected chi connectivity index (χ2v) is 8.85. The molecule has 4 rings (SSSR count). The van der Waals surface area contributed by atoms with Crippen molar-refractivity contribution in [2.75, 3.05) is 18.5 Å². The molecular weight excluding hydrogens is 476 g/mol. The number of esters is 1. The summed E-state index contributed by atoms with van der Waals surface area (Å²) >= 11 is 5.49. The van der Waals surface area contributed by atoms with E-state index in [1.165, 1.54) is 0 Å². The van der Waals surface area contributed by atoms with Crippen molar-refractivity contribution in [3.05, 3.63) is 83.7 Å². The summed E-state index contributed by atoms with van der Waals surface area (Å²) in [5.41, 5.74) is 6.62. The highest BCUT2D eigenvalue weighted by molar-refractivity contribution is 7.80. The maximum atomic E-state index is 11.7. The van der Waals surface area contributed by atoms with Crippen LogP contribution in [0.2, 0.25) is 0 Å². The molecule has 2 N–H and O–H groups in total. The molecule has 1 aliphatic rings. The summed E-state index contributed by atoms with van der Waals surface area (Å²) < 4.78 is 17.0. The maximum Gasteiger partial charge on any atom is 0.344 e. The third kappa shape index (κ3) is 5.98. The van der Waals surface area contributed by atoms with E-state index in [2.05, 4.69) is 20.8 Å². The van der Waals surface area contributed by atoms with Crippen LogP contribution in [0.15, 0.2) is 72.1 Å². The number of pyridine rings is 1. The Labute approximate surface area is 215 Å². The van der Waals surface area contributed by atoms with Crippen LogP contribution in [0.25, 0.3) is 0 Å². The zero-order valence-corrected chi connectivity index (χ0v) is 21.2. The van der Waals surface area contributed by atoms with E-state index in [0.29, 0.717) is 29.6 Å². The van der Waals surface area contributed by atoms with Gasteiger partial charge >= 0.3 is 5.97 Å². The van der Waals surface area contributed by atoms with Gasteiger partial charge in [-0.1, -0.05) is 24.3 Å². The Kier molecular flexibility index (Phi) is 7.80. The molecule has 1 atom stereocenters. The van der Waals surface area contributed by atoms with Crippen LogP contribution in [-0.2, 0) is 15.1 Å². The van der Waals surface area contributed by atoms with Crippen LogP contribution < -0.4 is 20.2 Å². The highest BCUT2D eigenvalue weighted by atomic mass is 32.1. The number of hydrazone groups is 1. The second-order valence-electron chi connectivity index (χ2n) is 8.44. The van der Waals surface area contributed by atoms with Gasteiger partial charge < -0.3 is 19.5 Å². The van der Waals surface area contributed by atoms with E-state index in [0.717, 1.165) is 28.1 Å². The van der Waals surface area contributed by atoms with Gasteiger partial charge in [-0.25, -0.2) is 4.79 Å². The lowest BCUT2D eigenvalue weighted by Crippen LogP contribution is -2.38. The van der Waals surface area contributed by atoms with Crippen LogP contribution >= 0.6 is 12.2 Å². The number of hydrogen-bond acceptors (Lipinski definition) is 7. The standard InChI is InChI=1S/C27H28N4O4S/c1-4-33-25(32)17-34-20-11-12-24-21(14-20)23(15-27(3,35-24)19-9-7-13-28-16-19)30-31-26(36)29-22-10-6-5-8-18(22)2/h5-14,16H,4,15,17H2,1-3H3,(H2,29,31,36)/b30-23-/t27-/m0/s1. The van der Waals surface area contributed by atoms with Gasteiger partial charge in [-0.15, -0.1) is 0 Å². The molecule has 0 spiro atoms. The molecule has 1 aliphatic heterocycles. The Balaban J connectivity index is 1.61. The number of thiocarbonyl (C=S) groups is 1. The summed E-state index contributed by atoms with van der Waals surface area (Å²) in [5, 5.41) is 8.19. The van der Waals surface area contributed by atoms with Crippen molar-refractivity contribution >= 4 is 34.7 Å². The monoisotopic (exact) mass is 504 g/mol. The molecule has 0 unspecified atom stereocenters. The number of aryl methyl sites for hydroxylation is 1. The first-order chi connectivity index (χ1) is 17.4. The minimum atomic E-state index is -0.694. The zero-order valence-electron chi connectivity index (χ0n) is 20.4. The van der Waals surface area contributed by atoms with E-state index in [-0.39, 0.29) is 6.61 Å². The van der Waals surface area contributed by atoms with E-state index in [4.69, 9.17) is 26.4 Å². The number of rotatable bonds is 7. The molecule has 0 saturated carbocycles. The van der Waals surface area contributed by atoms with Gasteiger partial charge in [0.05, 0.1) is 12.3 Å². The summed E-state index contributed by atoms with van der Waals surface area (Å²) in [6.07, 6.45) is 3.97. The normalized spacial score (nSPS) is 17.5. The predicted molar refractivity (Wildman–Crippen MR) is 142 cm³/mol. The van der Waals surface area contributed by atoms with Crippen molar-refractivity contribution in [3.8, 4) is 11.5 Å². The smallest absolute Gasteiger partial charge is 0.344 e. The van der Waals surface area contributed by atoms with Crippen LogP contribution in [0.1, 0.15) is 37.0 Å². The van der Waals surface area contributed by atoms with Gasteiger partial charge in [0.15, 0.2) is 11.7 Å². The molecule has 0 amide bonds. The molecule has 0 bridgehead atoms. The minimum absolute atomic E-state index is 0.184. The number of nitrogens with zero attached hydrogens (tertiary/aromatic N) is 2. The summed E-state index contributed by atoms with van der Waals surface area (Å²) in [7, 11) is 0. The molecule has 36 heavy (non-hydrogen) atoms. The minimum Gasteiger partial charge on any atom is -0.482 e. The Morgan fingerprint density at radius 2 is 2.06 bits per heavy atom. The van der Waals surface area contributed by atoms with E-state index in [9.17, 15) is 4.79 Å². The zero-order chi connectivity index (χ0) is 25.5. The summed E-state index contributed by atoms with van der Waals surface area (Å²) in [4.78, 5) is 16.0. The average molecular weight is 505 g/mol. The van der Waals surface area contributed by atoms with Crippen molar-refractivity contribution in [2.24, 2.45) is 5.10 Å². The summed E-state index contributed by atoms with van der Waals surface area (Å²) in [5.74, 6) is 0.705. The van der Waals surface area contributed by atoms with Crippen molar-refractivity contribution in [2.45, 2.75) is 32.8 Å². The Morgan fingerprint density at radius 1 is 1.22 bits per heavy atom. The van der Waals surface area contributed by atoms with E-state index >= 15 is 0 Å². The van der Waals surface area contributed by atoms with Gasteiger partial charge in [0.1, 0.15) is 17.1 Å². The third-order valence-electron chi connectivity index (χ3n) is 5.72. The fourth-order valence-electron chi connectivity index (χ4n) is 3.87. The number of carbonyl (C=O) groups excluding carboxylic acids is 1. The van der Waals surface area contributed by atoms with Gasteiger partial charge in [-0.05, 0) is 68.9 Å². The average Bonchev–Trinajstić information content (AvgIpc) is 2.88. The molecule has 0 radical (unpaired) electrons. The number of hydrogen-bond donors (Lipinski definition) is 2. The molecule has 8 nitrogen and oxygen atoms in total. The predicted octanol–water partition coefficient (Wildman–Crippen LogP) is 4.72. The summed E-state index contributed by atoms with van der Waals surface area (Å²) in [6, 6.07) is 17.1. The SMILES string of the molecule is CCOC(=O)COc1ccc2c(c1)/C(=N\NC(=S)Nc1ccccc1C)C[C@@](C)(c1cccnc1)O2. The number of anilines is 1. The fourth-order valence-corrected chi connectivity index (χ4v) is 4.03. The van der Waals surface area contributed by atoms with Crippen molar-refractivity contribution in [3.63, 3.8) is 0 Å². The first-order valence-electron chi connectivity index (χ1n) is 11.6. The number of para-hydroxylation sites is 1. The van der Waals surface area contributed by atoms with Crippen molar-refractivity contribution in [1.82, 2.24) is 10.4 Å². The van der Waals surface area contributed by atoms with E-state index in [1.807, 2.05) is 56.3 Å². The molecule has 186 valence electrons. The molecule has 2 heterocycles. The van der Waals surface area contributed by atoms with Crippen LogP contribution in [0.4, 0.5) is 5.69 Å². The number of carbonyl (C=O) groups is 1. The highest BCUT2D eigenvalue weighted by Crippen LogP contribution is 2.40. The fraction of sp³-hybridized carbons (Fsp3) is 0.259. The lowest BCUT2D eigenvalue weighted by molar-refractivity contribution is -0.145. The molecule has 9 heteroatoms. The number of benzene rings is 2. The molecular formula is C27H28N4O4S. The van der Waals surface area contributed by atoms with E-state index in [1.54, 1.807) is 31.5 Å². The van der Waals surface area contributed by atoms with Gasteiger partial charge in [-0.3, -0.25) is 10.4 Å². The first kappa shape index (κ1) is 25.1. The topological polar surface area (TPSA) is 94.1 Å². The molecule has 0 saturated heterocycles. The largest absolute Gasteiger partial charge is 0.482 e. The molecule has 0 fully saturated rings. The Bertz CT molecular complexity index is 1280. The first-order valence-corrected chi connectivity index (χ1v) is 12.0. The van der Waals surface area contributed by atoms with Gasteiger partial charge in [0.25, 0.3) is 0 Å². The quantitative estimate of drug-likeness (QED) is 0.271. The molecule has 3 aromatic rings. The lowest BCUT2D eigenvalue weighted by Gasteiger charge is -2.36. The Morgan fingerprint density at radius 3 is 2.81 bits per heavy atom. The molecule has 0 aliphatic carbocycles. The van der Waals surface area contributed by atoms with Gasteiger partial charge in [-0.2, -0.15) is 5.10 Å². The third-order valence-corrected chi connectivity index (χ3v) is 5.92. The van der Waals surface area contributed by atoms with E-state index < -0.39 is 11.6 Å². The van der Waals surface area contributed by atoms with Crippen LogP contribution in [0, 0.1) is 6.92 Å². The highest BCUT2D eigenvalue weighted by Gasteiger charge is 2.37. The molecule has 2 aromatic carbocycles. The number of nitrogens with one attached hydrogen (secondary N) is 2. The number of ether oxygens (including phenoxy) is 3. The second kappa shape index (κ2) is 11.2. The van der Waals surface area contributed by atoms with Gasteiger partial charge in [0.2, 0.25) is 0 Å². The number of fused-ring (bicyclic) bond motifs is 1. The van der Waals surface area contributed by atoms with Crippen molar-refractivity contribution < 1.29 is 19.0 Å². The number of aromatic nitrogens is 1. The molecule has 1 aromatic heterocycles. The van der Waals surface area contributed by atoms with Crippen LogP contribution in [0.5, 0.6) is 11.5 Å². The lowest BCUT2D eigenvalue weighted by atomic mass is 9.86. The van der Waals surface area contributed by atoms with Gasteiger partial charge in [0, 0.05) is 35.6 Å².